The van der Waals surface area contributed by atoms with E-state index in [2.05, 4.69) is 15.4 Å². The second-order valence-electron chi connectivity index (χ2n) is 7.38. The normalized spacial score (nSPS) is 14.1. The van der Waals surface area contributed by atoms with Gasteiger partial charge in [0, 0.05) is 11.3 Å². The first-order valence-corrected chi connectivity index (χ1v) is 10.5. The molecule has 4 amide bonds. The van der Waals surface area contributed by atoms with Crippen LogP contribution in [-0.2, 0) is 20.9 Å². The highest BCUT2D eigenvalue weighted by Crippen LogP contribution is 2.24. The first-order valence-electron chi connectivity index (χ1n) is 10.5. The number of benzene rings is 2. The number of carbonyl (C=O) groups is 4. The fourth-order valence-corrected chi connectivity index (χ4v) is 3.29. The van der Waals surface area contributed by atoms with E-state index >= 15 is 0 Å². The number of imide groups is 1. The summed E-state index contributed by atoms with van der Waals surface area (Å²) in [7, 11) is 1.22. The van der Waals surface area contributed by atoms with E-state index in [0.29, 0.717) is 17.0 Å². The number of anilines is 1. The van der Waals surface area contributed by atoms with Gasteiger partial charge in [-0.3, -0.25) is 14.5 Å². The monoisotopic (exact) mass is 475 g/mol. The quantitative estimate of drug-likeness (QED) is 0.291. The summed E-state index contributed by atoms with van der Waals surface area (Å²) >= 11 is 0. The molecule has 0 radical (unpaired) electrons. The van der Waals surface area contributed by atoms with Crippen molar-refractivity contribution < 1.29 is 33.1 Å². The van der Waals surface area contributed by atoms with Gasteiger partial charge in [-0.25, -0.2) is 9.59 Å². The Morgan fingerprint density at radius 1 is 1.03 bits per heavy atom. The molecule has 178 valence electrons. The number of amides is 4. The van der Waals surface area contributed by atoms with E-state index in [0.717, 1.165) is 4.90 Å². The second kappa shape index (κ2) is 10.4. The first-order chi connectivity index (χ1) is 16.9. The highest BCUT2D eigenvalue weighted by atomic mass is 16.5. The Balaban J connectivity index is 1.43. The molecule has 2 heterocycles. The third-order valence-corrected chi connectivity index (χ3v) is 4.96. The van der Waals surface area contributed by atoms with Gasteiger partial charge in [0.05, 0.1) is 13.7 Å². The number of urea groups is 1. The molecular formula is C25H21N3O7. The molecule has 10 nitrogen and oxygen atoms in total. The van der Waals surface area contributed by atoms with Crippen molar-refractivity contribution in [2.24, 2.45) is 0 Å². The van der Waals surface area contributed by atoms with Crippen LogP contribution >= 0.6 is 0 Å². The zero-order valence-electron chi connectivity index (χ0n) is 18.6. The van der Waals surface area contributed by atoms with Crippen LogP contribution in [0.5, 0.6) is 5.75 Å². The Bertz CT molecular complexity index is 1300. The number of methoxy groups -OCH3 is 1. The highest BCUT2D eigenvalue weighted by Gasteiger charge is 2.34. The van der Waals surface area contributed by atoms with Gasteiger partial charge in [-0.15, -0.1) is 0 Å². The number of furan rings is 1. The molecule has 1 aromatic heterocycles. The van der Waals surface area contributed by atoms with Gasteiger partial charge in [-0.05, 0) is 36.4 Å². The van der Waals surface area contributed by atoms with E-state index < -0.39 is 17.9 Å². The Morgan fingerprint density at radius 2 is 1.77 bits per heavy atom. The molecule has 1 saturated heterocycles. The Labute approximate surface area is 200 Å². The van der Waals surface area contributed by atoms with E-state index in [4.69, 9.17) is 9.15 Å². The van der Waals surface area contributed by atoms with E-state index in [1.165, 1.54) is 25.3 Å². The molecule has 2 N–H and O–H groups in total. The van der Waals surface area contributed by atoms with Gasteiger partial charge in [0.1, 0.15) is 17.2 Å². The lowest BCUT2D eigenvalue weighted by atomic mass is 10.1. The Hall–Kier alpha value is -4.86. The molecule has 0 spiro atoms. The number of hydrogen-bond donors (Lipinski definition) is 2. The molecule has 0 aliphatic carbocycles. The van der Waals surface area contributed by atoms with Crippen LogP contribution in [0.15, 0.2) is 76.8 Å². The van der Waals surface area contributed by atoms with Crippen molar-refractivity contribution in [3.63, 3.8) is 0 Å². The largest absolute Gasteiger partial charge is 0.483 e. The van der Waals surface area contributed by atoms with Gasteiger partial charge in [0.25, 0.3) is 11.8 Å². The van der Waals surface area contributed by atoms with Gasteiger partial charge < -0.3 is 24.5 Å². The number of esters is 1. The molecule has 1 aliphatic rings. The molecule has 35 heavy (non-hydrogen) atoms. The summed E-state index contributed by atoms with van der Waals surface area (Å²) < 4.78 is 15.6. The molecule has 10 heteroatoms. The molecule has 3 aromatic rings. The summed E-state index contributed by atoms with van der Waals surface area (Å²) in [5, 5.41) is 5.24. The minimum atomic E-state index is -0.664. The van der Waals surface area contributed by atoms with Crippen molar-refractivity contribution in [2.75, 3.05) is 19.0 Å². The first kappa shape index (κ1) is 23.3. The van der Waals surface area contributed by atoms with Crippen LogP contribution in [-0.4, -0.2) is 42.4 Å². The zero-order valence-corrected chi connectivity index (χ0v) is 18.6. The maximum absolute atomic E-state index is 12.8. The molecule has 4 rings (SSSR count). The molecule has 1 fully saturated rings. The van der Waals surface area contributed by atoms with Crippen molar-refractivity contribution in [3.05, 3.63) is 89.5 Å². The SMILES string of the molecule is COC(=O)c1ccc(CN2C(=O)NC(=Cc3ccccc3OCC(=O)Nc3ccccc3)C2=O)o1. The van der Waals surface area contributed by atoms with Crippen molar-refractivity contribution in [1.29, 1.82) is 0 Å². The van der Waals surface area contributed by atoms with Crippen molar-refractivity contribution in [3.8, 4) is 5.75 Å². The maximum atomic E-state index is 12.8. The molecule has 0 atom stereocenters. The van der Waals surface area contributed by atoms with Crippen LogP contribution < -0.4 is 15.4 Å². The van der Waals surface area contributed by atoms with Gasteiger partial charge in [0.15, 0.2) is 6.61 Å². The molecule has 0 saturated carbocycles. The van der Waals surface area contributed by atoms with Crippen molar-refractivity contribution in [2.45, 2.75) is 6.54 Å². The van der Waals surface area contributed by atoms with Gasteiger partial charge in [-0.2, -0.15) is 0 Å². The standard InChI is InChI=1S/C25H21N3O7/c1-33-24(31)21-12-11-18(35-21)14-28-23(30)19(27-25(28)32)13-16-7-5-6-10-20(16)34-15-22(29)26-17-8-3-2-4-9-17/h2-13H,14-15H2,1H3,(H,26,29)(H,27,32). The number of nitrogens with zero attached hydrogens (tertiary/aromatic N) is 1. The van der Waals surface area contributed by atoms with Crippen LogP contribution in [0.1, 0.15) is 21.9 Å². The summed E-state index contributed by atoms with van der Waals surface area (Å²) in [6.45, 7) is -0.417. The van der Waals surface area contributed by atoms with Gasteiger partial charge in [0.2, 0.25) is 5.76 Å². The number of nitrogens with one attached hydrogen (secondary N) is 2. The molecule has 0 bridgehead atoms. The topological polar surface area (TPSA) is 127 Å². The van der Waals surface area contributed by atoms with Crippen LogP contribution in [0.25, 0.3) is 6.08 Å². The lowest BCUT2D eigenvalue weighted by molar-refractivity contribution is -0.123. The van der Waals surface area contributed by atoms with E-state index in [1.54, 1.807) is 48.5 Å². The van der Waals surface area contributed by atoms with Crippen molar-refractivity contribution >= 4 is 35.6 Å². The molecule has 0 unspecified atom stereocenters. The predicted molar refractivity (Wildman–Crippen MR) is 124 cm³/mol. The highest BCUT2D eigenvalue weighted by molar-refractivity contribution is 6.14. The molecule has 2 aromatic carbocycles. The minimum Gasteiger partial charge on any atom is -0.483 e. The van der Waals surface area contributed by atoms with E-state index in [-0.39, 0.29) is 36.3 Å². The van der Waals surface area contributed by atoms with E-state index in [9.17, 15) is 19.2 Å². The third kappa shape index (κ3) is 5.56. The van der Waals surface area contributed by atoms with Gasteiger partial charge >= 0.3 is 12.0 Å². The Kier molecular flexibility index (Phi) is 6.91. The predicted octanol–water partition coefficient (Wildman–Crippen LogP) is 3.18. The maximum Gasteiger partial charge on any atom is 0.373 e. The van der Waals surface area contributed by atoms with Crippen LogP contribution in [0.2, 0.25) is 0 Å². The summed E-state index contributed by atoms with van der Waals surface area (Å²) in [5.41, 5.74) is 1.17. The average Bonchev–Trinajstić information content (AvgIpc) is 3.44. The minimum absolute atomic E-state index is 0.0273. The van der Waals surface area contributed by atoms with Crippen LogP contribution in [0.3, 0.4) is 0 Å². The third-order valence-electron chi connectivity index (χ3n) is 4.96. The number of rotatable bonds is 8. The van der Waals surface area contributed by atoms with E-state index in [1.807, 2.05) is 6.07 Å². The fraction of sp³-hybridized carbons (Fsp3) is 0.120. The number of ether oxygens (including phenoxy) is 2. The number of hydrogen-bond acceptors (Lipinski definition) is 7. The van der Waals surface area contributed by atoms with Crippen molar-refractivity contribution in [1.82, 2.24) is 10.2 Å². The van der Waals surface area contributed by atoms with Gasteiger partial charge in [-0.1, -0.05) is 36.4 Å². The summed E-state index contributed by atoms with van der Waals surface area (Å²) in [5.74, 6) is -1.03. The Morgan fingerprint density at radius 3 is 2.54 bits per heavy atom. The van der Waals surface area contributed by atoms with Crippen LogP contribution in [0, 0.1) is 0 Å². The average molecular weight is 475 g/mol. The second-order valence-corrected chi connectivity index (χ2v) is 7.38. The smallest absolute Gasteiger partial charge is 0.373 e. The fourth-order valence-electron chi connectivity index (χ4n) is 3.29. The lowest BCUT2D eigenvalue weighted by Gasteiger charge is -2.10. The van der Waals surface area contributed by atoms with Crippen LogP contribution in [0.4, 0.5) is 10.5 Å². The molecular weight excluding hydrogens is 454 g/mol. The zero-order chi connectivity index (χ0) is 24.8. The lowest BCUT2D eigenvalue weighted by Crippen LogP contribution is -2.30. The summed E-state index contributed by atoms with van der Waals surface area (Å²) in [4.78, 5) is 49.9. The number of carbonyl (C=O) groups excluding carboxylic acids is 4. The summed E-state index contributed by atoms with van der Waals surface area (Å²) in [6.07, 6.45) is 1.46. The molecule has 1 aliphatic heterocycles. The summed E-state index contributed by atoms with van der Waals surface area (Å²) in [6, 6.07) is 18.0. The number of para-hydroxylation sites is 2.